The van der Waals surface area contributed by atoms with Gasteiger partial charge < -0.3 is 5.11 Å². The van der Waals surface area contributed by atoms with Gasteiger partial charge >= 0.3 is 0 Å². The number of fused-ring (bicyclic) bond motifs is 1. The van der Waals surface area contributed by atoms with Gasteiger partial charge in [0.2, 0.25) is 1.43 Å². The summed E-state index contributed by atoms with van der Waals surface area (Å²) in [6.07, 6.45) is 16.6. The van der Waals surface area contributed by atoms with Gasteiger partial charge in [0.05, 0.1) is 7.45 Å². The van der Waals surface area contributed by atoms with Gasteiger partial charge in [0, 0.05) is 0 Å². The summed E-state index contributed by atoms with van der Waals surface area (Å²) in [6, 6.07) is 0. The minimum Gasteiger partial charge on any atom is -0.393 e. The molecule has 0 saturated heterocycles. The second kappa shape index (κ2) is 9.38. The maximum absolute atomic E-state index is 8.31. The van der Waals surface area contributed by atoms with E-state index in [1.165, 1.54) is 32.1 Å². The number of rotatable bonds is 6. The minimum atomic E-state index is -1.11. The molecular formula is C28H44O. The number of aliphatic hydroxyl groups is 1. The maximum Gasteiger partial charge on any atom is 0.210 e. The third-order valence-corrected chi connectivity index (χ3v) is 8.49. The van der Waals surface area contributed by atoms with Crippen LogP contribution in [0.2, 0.25) is 0 Å². The summed E-state index contributed by atoms with van der Waals surface area (Å²) < 4.78 is 15.6. The number of hydrogen-bond donors (Lipinski definition) is 1. The quantitative estimate of drug-likeness (QED) is 0.456. The first-order chi connectivity index (χ1) is 14.6. The van der Waals surface area contributed by atoms with Gasteiger partial charge in [-0.15, -0.1) is 0 Å². The molecule has 1 unspecified atom stereocenters. The first-order valence-electron chi connectivity index (χ1n) is 12.9. The van der Waals surface area contributed by atoms with E-state index in [1.807, 2.05) is 0 Å². The van der Waals surface area contributed by atoms with Gasteiger partial charge in [-0.2, -0.15) is 0 Å². The van der Waals surface area contributed by atoms with Crippen LogP contribution in [0.1, 0.15) is 87.4 Å². The van der Waals surface area contributed by atoms with Crippen LogP contribution >= 0.6 is 0 Å². The van der Waals surface area contributed by atoms with Crippen molar-refractivity contribution >= 4 is 0 Å². The van der Waals surface area contributed by atoms with Crippen LogP contribution in [-0.2, 0) is 0 Å². The van der Waals surface area contributed by atoms with Crippen molar-refractivity contribution in [3.63, 3.8) is 0 Å². The summed E-state index contributed by atoms with van der Waals surface area (Å²) >= 11 is 0. The molecule has 0 aliphatic heterocycles. The van der Waals surface area contributed by atoms with Crippen LogP contribution in [0, 0.1) is 35.0 Å². The molecule has 3 fully saturated rings. The van der Waals surface area contributed by atoms with Crippen LogP contribution in [0.15, 0.2) is 47.6 Å². The molecule has 0 aromatic carbocycles. The molecule has 3 aliphatic rings. The Morgan fingerprint density at radius 3 is 2.66 bits per heavy atom. The highest BCUT2D eigenvalue weighted by Gasteiger charge is 2.50. The van der Waals surface area contributed by atoms with Gasteiger partial charge in [-0.25, -0.2) is 0 Å². The Morgan fingerprint density at radius 1 is 1.14 bits per heavy atom. The average molecular weight is 399 g/mol. The fourth-order valence-corrected chi connectivity index (χ4v) is 6.11. The minimum absolute atomic E-state index is 0.389. The molecule has 3 rings (SSSR count). The normalized spacial score (nSPS) is 41.7. The molecule has 6 atom stereocenters. The Kier molecular flexibility index (Phi) is 6.42. The highest BCUT2D eigenvalue weighted by atomic mass is 16.3. The number of allylic oxidation sites excluding steroid dienone is 6. The van der Waals surface area contributed by atoms with E-state index >= 15 is 0 Å². The first-order valence-corrected chi connectivity index (χ1v) is 12.0. The second-order valence-corrected chi connectivity index (χ2v) is 10.7. The van der Waals surface area contributed by atoms with Crippen LogP contribution in [-0.4, -0.2) is 12.6 Å². The summed E-state index contributed by atoms with van der Waals surface area (Å²) in [7, 11) is 0. The van der Waals surface area contributed by atoms with Crippen molar-refractivity contribution in [2.45, 2.75) is 92.1 Å². The molecule has 1 nitrogen and oxygen atoms in total. The lowest BCUT2D eigenvalue weighted by molar-refractivity contribution is 0.112. The van der Waals surface area contributed by atoms with Crippen LogP contribution in [0.3, 0.4) is 0 Å². The van der Waals surface area contributed by atoms with Gasteiger partial charge in [-0.1, -0.05) is 76.6 Å². The van der Waals surface area contributed by atoms with E-state index in [2.05, 4.69) is 65.5 Å². The van der Waals surface area contributed by atoms with E-state index in [4.69, 9.17) is 7.91 Å². The highest BCUT2D eigenvalue weighted by molar-refractivity contribution is 5.36. The Balaban J connectivity index is 1.77. The molecule has 0 spiro atoms. The summed E-state index contributed by atoms with van der Waals surface area (Å²) in [6.45, 7) is 16.1. The SMILES string of the molecule is [2H]O[C@@]1([2H])CCC(=C)C(=CC=C2CCC[C@@]3(C)C2CC[C@@H]3[C@H](C)C=C[C@H](C)C(C)C)C1. The zero-order valence-electron chi connectivity index (χ0n) is 21.5. The molecule has 1 N–H and O–H groups in total. The molecule has 0 aromatic heterocycles. The van der Waals surface area contributed by atoms with Crippen molar-refractivity contribution in [2.75, 3.05) is 0 Å². The standard InChI is InChI=1S/C28H44O/c1-19(2)20(3)9-10-22(5)26-15-16-27-23(8-7-17-28(26,27)6)12-13-24-18-25(29)14-11-21(24)4/h9-10,12-13,19-20,22,25-27,29H,4,7-8,11,14-18H2,1-3,5-6H3/t20-,22+,25-,26+,27?,28+/m0/s1/i25D,29D. The zero-order chi connectivity index (χ0) is 22.8. The third-order valence-electron chi connectivity index (χ3n) is 8.49. The van der Waals surface area contributed by atoms with E-state index in [1.54, 1.807) is 5.57 Å². The van der Waals surface area contributed by atoms with E-state index in [0.717, 1.165) is 23.5 Å². The molecular weight excluding hydrogens is 352 g/mol. The van der Waals surface area contributed by atoms with Crippen LogP contribution in [0.4, 0.5) is 0 Å². The van der Waals surface area contributed by atoms with Crippen molar-refractivity contribution < 1.29 is 6.48 Å². The fourth-order valence-electron chi connectivity index (χ4n) is 6.11. The number of hydrogen-bond acceptors (Lipinski definition) is 1. The topological polar surface area (TPSA) is 20.2 Å². The van der Waals surface area contributed by atoms with E-state index in [9.17, 15) is 0 Å². The molecule has 0 amide bonds. The third kappa shape index (κ3) is 4.98. The van der Waals surface area contributed by atoms with Gasteiger partial charge in [-0.3, -0.25) is 0 Å². The maximum atomic E-state index is 8.31. The van der Waals surface area contributed by atoms with E-state index in [-0.39, 0.29) is 0 Å². The molecule has 162 valence electrons. The predicted octanol–water partition coefficient (Wildman–Crippen LogP) is 7.64. The molecule has 1 heteroatoms. The average Bonchev–Trinajstić information content (AvgIpc) is 3.10. The lowest BCUT2D eigenvalue weighted by atomic mass is 9.61. The second-order valence-electron chi connectivity index (χ2n) is 10.7. The smallest absolute Gasteiger partial charge is 0.210 e. The molecule has 0 bridgehead atoms. The largest absolute Gasteiger partial charge is 0.393 e. The Hall–Kier alpha value is -1.08. The van der Waals surface area contributed by atoms with Crippen molar-refractivity contribution in [3.8, 4) is 0 Å². The molecule has 0 heterocycles. The molecule has 3 saturated carbocycles. The first kappa shape index (κ1) is 19.9. The summed E-state index contributed by atoms with van der Waals surface area (Å²) in [5.41, 5.74) is 4.19. The van der Waals surface area contributed by atoms with Gasteiger partial charge in [0.25, 0.3) is 0 Å². The molecule has 0 radical (unpaired) electrons. The van der Waals surface area contributed by atoms with Crippen molar-refractivity contribution in [3.05, 3.63) is 47.6 Å². The fraction of sp³-hybridized carbons (Fsp3) is 0.714. The Labute approximate surface area is 183 Å². The molecule has 0 aromatic rings. The van der Waals surface area contributed by atoms with Gasteiger partial charge in [0.1, 0.15) is 0 Å². The Morgan fingerprint density at radius 2 is 1.93 bits per heavy atom. The van der Waals surface area contributed by atoms with E-state index < -0.39 is 6.08 Å². The molecule has 3 aliphatic carbocycles. The van der Waals surface area contributed by atoms with Crippen molar-refractivity contribution in [1.82, 2.24) is 0 Å². The van der Waals surface area contributed by atoms with Crippen LogP contribution < -0.4 is 0 Å². The van der Waals surface area contributed by atoms with Gasteiger partial charge in [0.15, 0.2) is 0 Å². The summed E-state index contributed by atoms with van der Waals surface area (Å²) in [4.78, 5) is 0. The van der Waals surface area contributed by atoms with Crippen molar-refractivity contribution in [2.24, 2.45) is 35.0 Å². The van der Waals surface area contributed by atoms with Gasteiger partial charge in [-0.05, 0) is 91.9 Å². The molecule has 29 heavy (non-hydrogen) atoms. The van der Waals surface area contributed by atoms with Crippen LogP contribution in [0.5, 0.6) is 0 Å². The van der Waals surface area contributed by atoms with Crippen LogP contribution in [0.25, 0.3) is 0 Å². The zero-order valence-corrected chi connectivity index (χ0v) is 19.5. The monoisotopic (exact) mass is 398 g/mol. The van der Waals surface area contributed by atoms with Crippen molar-refractivity contribution in [1.29, 1.82) is 1.43 Å². The predicted molar refractivity (Wildman–Crippen MR) is 126 cm³/mol. The summed E-state index contributed by atoms with van der Waals surface area (Å²) in [5.74, 6) is 3.40. The lowest BCUT2D eigenvalue weighted by Crippen LogP contribution is -2.35. The Bertz CT molecular complexity index is 748. The van der Waals surface area contributed by atoms with E-state index in [0.29, 0.717) is 41.9 Å². The lowest BCUT2D eigenvalue weighted by Gasteiger charge is -2.44. The highest BCUT2D eigenvalue weighted by Crippen LogP contribution is 2.59. The summed E-state index contributed by atoms with van der Waals surface area (Å²) in [5, 5.41) is 4.74.